The second-order valence-electron chi connectivity index (χ2n) is 5.22. The molecule has 1 aromatic carbocycles. The first-order valence-electron chi connectivity index (χ1n) is 6.45. The number of alkyl halides is 3. The van der Waals surface area contributed by atoms with E-state index in [1.165, 1.54) is 12.1 Å². The van der Waals surface area contributed by atoms with Crippen LogP contribution in [0.3, 0.4) is 0 Å². The van der Waals surface area contributed by atoms with E-state index in [2.05, 4.69) is 0 Å². The number of aliphatic hydroxyl groups is 1. The zero-order chi connectivity index (χ0) is 15.7. The van der Waals surface area contributed by atoms with Gasteiger partial charge in [0.2, 0.25) is 0 Å². The first-order valence-corrected chi connectivity index (χ1v) is 6.45. The van der Waals surface area contributed by atoms with Gasteiger partial charge in [-0.15, -0.1) is 0 Å². The maximum absolute atomic E-state index is 13.0. The summed E-state index contributed by atoms with van der Waals surface area (Å²) in [5.41, 5.74) is -1.90. The van der Waals surface area contributed by atoms with E-state index >= 15 is 0 Å². The van der Waals surface area contributed by atoms with Crippen LogP contribution in [0.25, 0.3) is 0 Å². The minimum atomic E-state index is -4.63. The Morgan fingerprint density at radius 1 is 1.29 bits per heavy atom. The fourth-order valence-electron chi connectivity index (χ4n) is 2.40. The predicted octanol–water partition coefficient (Wildman–Crippen LogP) is 2.59. The van der Waals surface area contributed by atoms with Crippen LogP contribution in [0.1, 0.15) is 24.0 Å². The van der Waals surface area contributed by atoms with E-state index < -0.39 is 30.4 Å². The molecule has 0 saturated carbocycles. The molecule has 0 bridgehead atoms. The molecule has 1 aliphatic rings. The number of hydrogen-bond acceptors (Lipinski definition) is 3. The molecule has 1 fully saturated rings. The molecule has 1 saturated heterocycles. The summed E-state index contributed by atoms with van der Waals surface area (Å²) in [4.78, 5) is 1.72. The van der Waals surface area contributed by atoms with Crippen molar-refractivity contribution >= 4 is 0 Å². The molecule has 0 amide bonds. The Labute approximate surface area is 119 Å². The normalized spacial score (nSPS) is 19.2. The van der Waals surface area contributed by atoms with E-state index in [0.29, 0.717) is 5.56 Å². The van der Waals surface area contributed by atoms with Crippen molar-refractivity contribution in [1.29, 1.82) is 5.26 Å². The van der Waals surface area contributed by atoms with E-state index in [1.54, 1.807) is 4.90 Å². The van der Waals surface area contributed by atoms with Crippen molar-refractivity contribution in [2.24, 2.45) is 0 Å². The van der Waals surface area contributed by atoms with Crippen LogP contribution < -0.4 is 0 Å². The minimum absolute atomic E-state index is 0.0677. The molecule has 0 radical (unpaired) electrons. The molecule has 114 valence electrons. The summed E-state index contributed by atoms with van der Waals surface area (Å²) < 4.78 is 51.1. The van der Waals surface area contributed by atoms with Gasteiger partial charge < -0.3 is 5.11 Å². The summed E-state index contributed by atoms with van der Waals surface area (Å²) in [5.74, 6) is -0.527. The summed E-state index contributed by atoms with van der Waals surface area (Å²) in [6.07, 6.45) is -5.44. The van der Waals surface area contributed by atoms with Crippen LogP contribution in [0.5, 0.6) is 0 Å². The molecule has 1 aliphatic heterocycles. The number of halogens is 4. The van der Waals surface area contributed by atoms with E-state index in [9.17, 15) is 22.7 Å². The fourth-order valence-corrected chi connectivity index (χ4v) is 2.40. The average molecular weight is 302 g/mol. The van der Waals surface area contributed by atoms with Crippen molar-refractivity contribution in [3.05, 3.63) is 35.1 Å². The Morgan fingerprint density at radius 3 is 2.43 bits per heavy atom. The van der Waals surface area contributed by atoms with Gasteiger partial charge >= 0.3 is 6.18 Å². The second kappa shape index (κ2) is 5.62. The lowest BCUT2D eigenvalue weighted by Crippen LogP contribution is -2.53. The van der Waals surface area contributed by atoms with E-state index in [1.807, 2.05) is 6.07 Å². The van der Waals surface area contributed by atoms with Crippen LogP contribution in [0.4, 0.5) is 17.6 Å². The third-order valence-electron chi connectivity index (χ3n) is 3.80. The highest BCUT2D eigenvalue weighted by molar-refractivity contribution is 5.37. The zero-order valence-corrected chi connectivity index (χ0v) is 11.1. The molecule has 0 atom stereocenters. The van der Waals surface area contributed by atoms with Crippen molar-refractivity contribution in [2.75, 3.05) is 13.1 Å². The molecule has 1 heterocycles. The summed E-state index contributed by atoms with van der Waals surface area (Å²) >= 11 is 0. The maximum atomic E-state index is 13.0. The van der Waals surface area contributed by atoms with E-state index in [4.69, 9.17) is 5.26 Å². The maximum Gasteiger partial charge on any atom is 0.417 e. The molecule has 1 N–H and O–H groups in total. The molecule has 0 aliphatic carbocycles. The number of hydrogen-bond donors (Lipinski definition) is 1. The van der Waals surface area contributed by atoms with E-state index in [0.717, 1.165) is 6.07 Å². The Morgan fingerprint density at radius 2 is 1.90 bits per heavy atom. The van der Waals surface area contributed by atoms with Gasteiger partial charge in [-0.1, -0.05) is 6.07 Å². The van der Waals surface area contributed by atoms with Crippen LogP contribution >= 0.6 is 0 Å². The molecule has 7 heteroatoms. The smallest absolute Gasteiger partial charge is 0.380 e. The number of benzene rings is 1. The van der Waals surface area contributed by atoms with Crippen LogP contribution in [0.15, 0.2) is 18.2 Å². The number of rotatable bonds is 2. The number of likely N-dealkylation sites (tertiary alicyclic amines) is 1. The van der Waals surface area contributed by atoms with Gasteiger partial charge in [0.25, 0.3) is 0 Å². The number of nitriles is 1. The molecule has 0 aromatic heterocycles. The van der Waals surface area contributed by atoms with Crippen LogP contribution in [0, 0.1) is 17.1 Å². The highest BCUT2D eigenvalue weighted by atomic mass is 19.4. The molecule has 21 heavy (non-hydrogen) atoms. The number of piperidine rings is 1. The monoisotopic (exact) mass is 302 g/mol. The lowest BCUT2D eigenvalue weighted by molar-refractivity contribution is -0.272. The van der Waals surface area contributed by atoms with Gasteiger partial charge in [0.15, 0.2) is 5.60 Å². The van der Waals surface area contributed by atoms with Crippen molar-refractivity contribution in [3.63, 3.8) is 0 Å². The van der Waals surface area contributed by atoms with Gasteiger partial charge in [-0.05, 0) is 30.5 Å². The van der Waals surface area contributed by atoms with Crippen LogP contribution in [-0.2, 0) is 6.54 Å². The van der Waals surface area contributed by atoms with Gasteiger partial charge in [0, 0.05) is 19.6 Å². The summed E-state index contributed by atoms with van der Waals surface area (Å²) in [7, 11) is 0. The molecule has 3 nitrogen and oxygen atoms in total. The van der Waals surface area contributed by atoms with Crippen LogP contribution in [0.2, 0.25) is 0 Å². The molecular formula is C14H14F4N2O. The molecule has 0 unspecified atom stereocenters. The quantitative estimate of drug-likeness (QED) is 0.854. The van der Waals surface area contributed by atoms with Crippen molar-refractivity contribution < 1.29 is 22.7 Å². The Kier molecular flexibility index (Phi) is 4.21. The highest BCUT2D eigenvalue weighted by Crippen LogP contribution is 2.38. The van der Waals surface area contributed by atoms with Gasteiger partial charge in [-0.25, -0.2) is 4.39 Å². The summed E-state index contributed by atoms with van der Waals surface area (Å²) in [6, 6.07) is 5.64. The van der Waals surface area contributed by atoms with Crippen molar-refractivity contribution in [2.45, 2.75) is 31.2 Å². The Bertz CT molecular complexity index is 557. The fraction of sp³-hybridized carbons (Fsp3) is 0.500. The Balaban J connectivity index is 2.03. The molecule has 2 rings (SSSR count). The Hall–Kier alpha value is -1.65. The topological polar surface area (TPSA) is 47.3 Å². The van der Waals surface area contributed by atoms with Gasteiger partial charge in [-0.2, -0.15) is 18.4 Å². The third kappa shape index (κ3) is 3.34. The zero-order valence-electron chi connectivity index (χ0n) is 11.1. The minimum Gasteiger partial charge on any atom is -0.380 e. The van der Waals surface area contributed by atoms with E-state index in [-0.39, 0.29) is 25.2 Å². The lowest BCUT2D eigenvalue weighted by Gasteiger charge is -2.39. The lowest BCUT2D eigenvalue weighted by atomic mass is 9.90. The molecular weight excluding hydrogens is 288 g/mol. The van der Waals surface area contributed by atoms with Gasteiger partial charge in [0.1, 0.15) is 5.82 Å². The summed E-state index contributed by atoms with van der Waals surface area (Å²) in [5, 5.41) is 18.5. The van der Waals surface area contributed by atoms with Gasteiger partial charge in [0.05, 0.1) is 11.6 Å². The molecule has 0 spiro atoms. The highest BCUT2D eigenvalue weighted by Gasteiger charge is 2.54. The third-order valence-corrected chi connectivity index (χ3v) is 3.80. The average Bonchev–Trinajstić information content (AvgIpc) is 2.42. The second-order valence-corrected chi connectivity index (χ2v) is 5.22. The van der Waals surface area contributed by atoms with Gasteiger partial charge in [-0.3, -0.25) is 4.90 Å². The standard InChI is InChI=1S/C14H14F4N2O/c15-12-2-1-10(11(7-12)8-19)9-20-5-3-13(21,4-6-20)14(16,17)18/h1-2,7,21H,3-6,9H2. The molecule has 1 aromatic rings. The SMILES string of the molecule is N#Cc1cc(F)ccc1CN1CCC(O)(C(F)(F)F)CC1. The number of nitrogens with zero attached hydrogens (tertiary/aromatic N) is 2. The first-order chi connectivity index (χ1) is 9.75. The van der Waals surface area contributed by atoms with Crippen molar-refractivity contribution in [3.8, 4) is 6.07 Å². The largest absolute Gasteiger partial charge is 0.417 e. The van der Waals surface area contributed by atoms with Crippen LogP contribution in [-0.4, -0.2) is 34.9 Å². The summed E-state index contributed by atoms with van der Waals surface area (Å²) in [6.45, 7) is 0.396. The first kappa shape index (κ1) is 15.7. The van der Waals surface area contributed by atoms with Crippen molar-refractivity contribution in [1.82, 2.24) is 4.90 Å². The predicted molar refractivity (Wildman–Crippen MR) is 66.6 cm³/mol.